The van der Waals surface area contributed by atoms with Crippen LogP contribution in [0.1, 0.15) is 16.8 Å². The van der Waals surface area contributed by atoms with Crippen LogP contribution in [0.2, 0.25) is 0 Å². The van der Waals surface area contributed by atoms with Crippen LogP contribution in [0.4, 0.5) is 0 Å². The lowest BCUT2D eigenvalue weighted by atomic mass is 10.2. The molecule has 5 nitrogen and oxygen atoms in total. The normalized spacial score (nSPS) is 13.9. The molecule has 1 aromatic carbocycles. The summed E-state index contributed by atoms with van der Waals surface area (Å²) < 4.78 is 23.7. The number of nitrogens with one attached hydrogen (secondary N) is 1. The third-order valence-electron chi connectivity index (χ3n) is 1.87. The zero-order valence-electron chi connectivity index (χ0n) is 9.00. The first-order valence-electron chi connectivity index (χ1n) is 4.94. The van der Waals surface area contributed by atoms with Gasteiger partial charge in [0.1, 0.15) is 0 Å². The average Bonchev–Trinajstić information content (AvgIpc) is 2.28. The monoisotopic (exact) mass is 275 g/mol. The van der Waals surface area contributed by atoms with E-state index in [1.54, 1.807) is 24.3 Å². The fourth-order valence-corrected chi connectivity index (χ4v) is 1.66. The predicted molar refractivity (Wildman–Crippen MR) is 67.5 cm³/mol. The molecule has 0 saturated carbocycles. The molecule has 1 rings (SSSR count). The van der Waals surface area contributed by atoms with Gasteiger partial charge in [0.25, 0.3) is 15.0 Å². The van der Waals surface area contributed by atoms with Crippen LogP contribution < -0.4 is 5.32 Å². The van der Waals surface area contributed by atoms with Crippen LogP contribution in [0.15, 0.2) is 30.3 Å². The highest BCUT2D eigenvalue weighted by Crippen LogP contribution is 1.97. The minimum Gasteiger partial charge on any atom is -0.352 e. The SMILES string of the molecule is O=C(NCCCOS(=O)(O)=S)c1ccccc1. The topological polar surface area (TPSA) is 75.6 Å². The third kappa shape index (κ3) is 6.32. The lowest BCUT2D eigenvalue weighted by Crippen LogP contribution is -2.25. The Morgan fingerprint density at radius 3 is 2.65 bits per heavy atom. The van der Waals surface area contributed by atoms with Gasteiger partial charge in [-0.15, -0.1) is 0 Å². The molecular weight excluding hydrogens is 262 g/mol. The molecule has 2 N–H and O–H groups in total. The van der Waals surface area contributed by atoms with Crippen LogP contribution in [0.3, 0.4) is 0 Å². The Morgan fingerprint density at radius 2 is 2.06 bits per heavy atom. The summed E-state index contributed by atoms with van der Waals surface area (Å²) in [5, 5.41) is 2.66. The summed E-state index contributed by atoms with van der Waals surface area (Å²) in [5.74, 6) is -0.186. The van der Waals surface area contributed by atoms with Gasteiger partial charge in [-0.2, -0.15) is 4.21 Å². The summed E-state index contributed by atoms with van der Waals surface area (Å²) in [6.45, 7) is 0.395. The van der Waals surface area contributed by atoms with Crippen LogP contribution >= 0.6 is 0 Å². The van der Waals surface area contributed by atoms with Crippen molar-refractivity contribution in [2.75, 3.05) is 13.2 Å². The summed E-state index contributed by atoms with van der Waals surface area (Å²) in [4.78, 5) is 11.5. The van der Waals surface area contributed by atoms with Gasteiger partial charge >= 0.3 is 0 Å². The second kappa shape index (κ2) is 6.65. The molecule has 1 atom stereocenters. The molecule has 17 heavy (non-hydrogen) atoms. The Hall–Kier alpha value is -1.02. The molecular formula is C10H13NO4S2. The maximum absolute atomic E-state index is 11.5. The molecule has 94 valence electrons. The lowest BCUT2D eigenvalue weighted by Gasteiger charge is -2.05. The molecule has 0 aliphatic heterocycles. The molecule has 0 aromatic heterocycles. The zero-order chi connectivity index (χ0) is 12.7. The Balaban J connectivity index is 2.22. The Bertz CT molecular complexity index is 458. The number of hydrogen-bond acceptors (Lipinski definition) is 4. The van der Waals surface area contributed by atoms with E-state index in [0.717, 1.165) is 0 Å². The van der Waals surface area contributed by atoms with Gasteiger partial charge in [-0.05, 0) is 18.6 Å². The number of carbonyl (C=O) groups is 1. The molecule has 0 spiro atoms. The van der Waals surface area contributed by atoms with E-state index in [1.165, 1.54) is 0 Å². The molecule has 1 unspecified atom stereocenters. The van der Waals surface area contributed by atoms with Crippen LogP contribution in [-0.4, -0.2) is 27.8 Å². The lowest BCUT2D eigenvalue weighted by molar-refractivity contribution is 0.0952. The van der Waals surface area contributed by atoms with Crippen molar-refractivity contribution in [2.24, 2.45) is 0 Å². The highest BCUT2D eigenvalue weighted by atomic mass is 32.9. The van der Waals surface area contributed by atoms with Crippen molar-refractivity contribution in [3.05, 3.63) is 35.9 Å². The zero-order valence-corrected chi connectivity index (χ0v) is 10.6. The fraction of sp³-hybridized carbons (Fsp3) is 0.300. The van der Waals surface area contributed by atoms with E-state index in [-0.39, 0.29) is 12.5 Å². The number of rotatable bonds is 6. The van der Waals surface area contributed by atoms with Crippen molar-refractivity contribution in [1.29, 1.82) is 0 Å². The van der Waals surface area contributed by atoms with Crippen LogP contribution in [0.25, 0.3) is 0 Å². The van der Waals surface area contributed by atoms with Crippen LogP contribution in [-0.2, 0) is 24.4 Å². The predicted octanol–water partition coefficient (Wildman–Crippen LogP) is 0.957. The van der Waals surface area contributed by atoms with E-state index in [4.69, 9.17) is 4.55 Å². The first-order chi connectivity index (χ1) is 7.99. The maximum atomic E-state index is 11.5. The molecule has 0 heterocycles. The van der Waals surface area contributed by atoms with Crippen molar-refractivity contribution < 1.29 is 17.7 Å². The Morgan fingerprint density at radius 1 is 1.41 bits per heavy atom. The Kier molecular flexibility index (Phi) is 5.49. The molecule has 0 bridgehead atoms. The van der Waals surface area contributed by atoms with E-state index in [9.17, 15) is 9.00 Å². The summed E-state index contributed by atoms with van der Waals surface area (Å²) in [6, 6.07) is 8.78. The third-order valence-corrected chi connectivity index (χ3v) is 2.63. The molecule has 1 amide bonds. The van der Waals surface area contributed by atoms with Crippen molar-refractivity contribution in [3.63, 3.8) is 0 Å². The molecule has 0 saturated heterocycles. The van der Waals surface area contributed by atoms with Gasteiger partial charge in [-0.25, -0.2) is 0 Å². The van der Waals surface area contributed by atoms with E-state index >= 15 is 0 Å². The highest BCUT2D eigenvalue weighted by molar-refractivity contribution is 8.27. The molecule has 0 aliphatic rings. The summed E-state index contributed by atoms with van der Waals surface area (Å²) in [6.07, 6.45) is 0.423. The van der Waals surface area contributed by atoms with Crippen LogP contribution in [0, 0.1) is 0 Å². The number of carbonyl (C=O) groups excluding carboxylic acids is 1. The van der Waals surface area contributed by atoms with E-state index in [2.05, 4.69) is 20.7 Å². The second-order valence-corrected chi connectivity index (χ2v) is 5.58. The Labute approximate surface area is 105 Å². The minimum atomic E-state index is -3.56. The van der Waals surface area contributed by atoms with Crippen molar-refractivity contribution in [1.82, 2.24) is 5.32 Å². The average molecular weight is 275 g/mol. The van der Waals surface area contributed by atoms with Gasteiger partial charge in [0.15, 0.2) is 0 Å². The van der Waals surface area contributed by atoms with Gasteiger partial charge in [0.2, 0.25) is 0 Å². The largest absolute Gasteiger partial charge is 0.352 e. The van der Waals surface area contributed by atoms with Crippen molar-refractivity contribution in [3.8, 4) is 0 Å². The molecule has 0 radical (unpaired) electrons. The van der Waals surface area contributed by atoms with E-state index in [1.807, 2.05) is 6.07 Å². The molecule has 0 fully saturated rings. The highest BCUT2D eigenvalue weighted by Gasteiger charge is 2.03. The quantitative estimate of drug-likeness (QED) is 0.756. The maximum Gasteiger partial charge on any atom is 0.266 e. The van der Waals surface area contributed by atoms with Gasteiger partial charge in [0.05, 0.1) is 6.61 Å². The van der Waals surface area contributed by atoms with Gasteiger partial charge in [-0.3, -0.25) is 13.5 Å². The van der Waals surface area contributed by atoms with Crippen molar-refractivity contribution >= 4 is 26.1 Å². The molecule has 0 aliphatic carbocycles. The summed E-state index contributed by atoms with van der Waals surface area (Å²) in [7, 11) is -3.56. The number of amides is 1. The van der Waals surface area contributed by atoms with Crippen molar-refractivity contribution in [2.45, 2.75) is 6.42 Å². The van der Waals surface area contributed by atoms with Gasteiger partial charge < -0.3 is 5.32 Å². The van der Waals surface area contributed by atoms with E-state index in [0.29, 0.717) is 18.5 Å². The smallest absolute Gasteiger partial charge is 0.266 e. The summed E-state index contributed by atoms with van der Waals surface area (Å²) >= 11 is 4.14. The first kappa shape index (κ1) is 14.0. The van der Waals surface area contributed by atoms with Gasteiger partial charge in [-0.1, -0.05) is 18.2 Å². The second-order valence-electron chi connectivity index (χ2n) is 3.23. The van der Waals surface area contributed by atoms with Gasteiger partial charge in [0, 0.05) is 23.3 Å². The molecule has 7 heteroatoms. The van der Waals surface area contributed by atoms with E-state index < -0.39 is 9.05 Å². The molecule has 1 aromatic rings. The minimum absolute atomic E-state index is 0.0356. The first-order valence-corrected chi connectivity index (χ1v) is 7.30. The fourth-order valence-electron chi connectivity index (χ4n) is 1.13. The number of hydrogen-bond donors (Lipinski definition) is 2. The van der Waals surface area contributed by atoms with Crippen LogP contribution in [0.5, 0.6) is 0 Å². The standard InChI is InChI=1S/C10H13NO4S2/c12-10(9-5-2-1-3-6-9)11-7-4-8-15-17(13,14)16/h1-3,5-6H,4,7-8H2,(H,11,12)(H,13,14,16). The summed E-state index contributed by atoms with van der Waals surface area (Å²) in [5.41, 5.74) is 0.572. The number of benzene rings is 1.